The number of nitrogens with zero attached hydrogens (tertiary/aromatic N) is 5. The lowest BCUT2D eigenvalue weighted by Crippen LogP contribution is -2.52. The summed E-state index contributed by atoms with van der Waals surface area (Å²) in [5, 5.41) is 0. The van der Waals surface area contributed by atoms with Gasteiger partial charge in [0.25, 0.3) is 0 Å². The van der Waals surface area contributed by atoms with Gasteiger partial charge in [-0.25, -0.2) is 0 Å². The van der Waals surface area contributed by atoms with Crippen LogP contribution in [0, 0.1) is 5.92 Å². The van der Waals surface area contributed by atoms with Gasteiger partial charge in [0.05, 0.1) is 0 Å². The van der Waals surface area contributed by atoms with Crippen molar-refractivity contribution in [1.29, 1.82) is 0 Å². The molecule has 0 N–H and O–H groups in total. The maximum Gasteiger partial charge on any atom is 0.0126 e. The quantitative estimate of drug-likeness (QED) is 0.296. The zero-order valence-corrected chi connectivity index (χ0v) is 32.2. The molecule has 4 saturated heterocycles. The Morgan fingerprint density at radius 2 is 0.674 bits per heavy atom. The first-order valence-electron chi connectivity index (χ1n) is 18.4. The van der Waals surface area contributed by atoms with Gasteiger partial charge in [0.1, 0.15) is 0 Å². The van der Waals surface area contributed by atoms with E-state index >= 15 is 0 Å². The van der Waals surface area contributed by atoms with Gasteiger partial charge in [0, 0.05) is 48.3 Å². The van der Waals surface area contributed by atoms with Gasteiger partial charge in [0.15, 0.2) is 0 Å². The van der Waals surface area contributed by atoms with Crippen LogP contribution >= 0.6 is 0 Å². The van der Waals surface area contributed by atoms with E-state index in [0.717, 1.165) is 5.92 Å². The van der Waals surface area contributed by atoms with Gasteiger partial charge >= 0.3 is 0 Å². The van der Waals surface area contributed by atoms with Crippen molar-refractivity contribution in [3.05, 3.63) is 0 Å². The lowest BCUT2D eigenvalue weighted by molar-refractivity contribution is 0.0735. The molecular formula is C38H81N5. The number of hydrogen-bond acceptors (Lipinski definition) is 5. The van der Waals surface area contributed by atoms with Crippen LogP contribution in [0.3, 0.4) is 0 Å². The van der Waals surface area contributed by atoms with E-state index in [1.807, 2.05) is 0 Å². The second kappa shape index (κ2) is 18.8. The third-order valence-corrected chi connectivity index (χ3v) is 10.2. The van der Waals surface area contributed by atoms with Crippen molar-refractivity contribution >= 4 is 0 Å². The highest BCUT2D eigenvalue weighted by Gasteiger charge is 2.26. The molecule has 4 heterocycles. The fraction of sp³-hybridized carbons (Fsp3) is 1.00. The number of rotatable bonds is 1. The van der Waals surface area contributed by atoms with Crippen LogP contribution in [0.25, 0.3) is 0 Å². The average molecular weight is 608 g/mol. The molecule has 0 aromatic heterocycles. The summed E-state index contributed by atoms with van der Waals surface area (Å²) >= 11 is 0. The van der Waals surface area contributed by atoms with Gasteiger partial charge in [-0.2, -0.15) is 0 Å². The van der Waals surface area contributed by atoms with Crippen molar-refractivity contribution < 1.29 is 0 Å². The number of likely N-dealkylation sites (N-methyl/N-ethyl adjacent to an activating group) is 1. The van der Waals surface area contributed by atoms with Gasteiger partial charge in [-0.05, 0) is 174 Å². The molecule has 0 radical (unpaired) electrons. The van der Waals surface area contributed by atoms with Gasteiger partial charge in [-0.3, -0.25) is 19.6 Å². The largest absolute Gasteiger partial charge is 0.304 e. The predicted octanol–water partition coefficient (Wildman–Crippen LogP) is 8.48. The van der Waals surface area contributed by atoms with Crippen LogP contribution in [0.4, 0.5) is 0 Å². The van der Waals surface area contributed by atoms with E-state index in [1.165, 1.54) is 123 Å². The van der Waals surface area contributed by atoms with E-state index in [0.29, 0.717) is 22.2 Å². The Kier molecular flexibility index (Phi) is 17.9. The molecule has 5 heteroatoms. The Hall–Kier alpha value is -0.200. The molecule has 0 aliphatic carbocycles. The normalized spacial score (nSPS) is 23.3. The monoisotopic (exact) mass is 608 g/mol. The van der Waals surface area contributed by atoms with E-state index in [9.17, 15) is 0 Å². The summed E-state index contributed by atoms with van der Waals surface area (Å²) in [6, 6.07) is 0. The van der Waals surface area contributed by atoms with E-state index < -0.39 is 0 Å². The number of piperazine rings is 1. The predicted molar refractivity (Wildman–Crippen MR) is 194 cm³/mol. The molecule has 4 aliphatic heterocycles. The molecule has 4 fully saturated rings. The van der Waals surface area contributed by atoms with Crippen LogP contribution in [0.1, 0.15) is 148 Å². The standard InChI is InChI=1S/C11H23N.C9H20N2.2C9H19N/c1-5-10-6-8-12(9-7-10)11(2,3)4;1-9(2,3)11-7-5-10(4)6-8-11;2*1-9(2,3)10-7-5-4-6-8-10/h10H,5-9H2,1-4H3;5-8H2,1-4H3;2*4-8H2,1-3H3. The highest BCUT2D eigenvalue weighted by atomic mass is 15.3. The molecule has 5 nitrogen and oxygen atoms in total. The molecule has 0 aromatic rings. The van der Waals surface area contributed by atoms with Crippen LogP contribution < -0.4 is 0 Å². The molecule has 258 valence electrons. The summed E-state index contributed by atoms with van der Waals surface area (Å²) in [7, 11) is 2.19. The zero-order chi connectivity index (χ0) is 32.9. The fourth-order valence-corrected chi connectivity index (χ4v) is 6.62. The summed E-state index contributed by atoms with van der Waals surface area (Å²) in [5.41, 5.74) is 1.56. The first kappa shape index (κ1) is 40.8. The minimum absolute atomic E-state index is 0.362. The molecule has 0 aromatic carbocycles. The van der Waals surface area contributed by atoms with Gasteiger partial charge < -0.3 is 4.90 Å². The maximum absolute atomic E-state index is 2.61. The molecule has 0 spiro atoms. The molecule has 0 unspecified atom stereocenters. The van der Waals surface area contributed by atoms with Gasteiger partial charge in [0.2, 0.25) is 0 Å². The molecule has 0 saturated carbocycles. The van der Waals surface area contributed by atoms with Crippen LogP contribution in [0.15, 0.2) is 0 Å². The van der Waals surface area contributed by atoms with Crippen molar-refractivity contribution in [2.24, 2.45) is 5.92 Å². The highest BCUT2D eigenvalue weighted by molar-refractivity contribution is 4.82. The van der Waals surface area contributed by atoms with Crippen LogP contribution in [0.2, 0.25) is 0 Å². The highest BCUT2D eigenvalue weighted by Crippen LogP contribution is 2.25. The number of piperidine rings is 3. The van der Waals surface area contributed by atoms with E-state index in [2.05, 4.69) is 122 Å². The summed E-state index contributed by atoms with van der Waals surface area (Å²) in [5.74, 6) is 1.00. The molecule has 0 bridgehead atoms. The summed E-state index contributed by atoms with van der Waals surface area (Å²) in [6.45, 7) is 42.7. The first-order chi connectivity index (χ1) is 19.7. The van der Waals surface area contributed by atoms with Crippen LogP contribution in [0.5, 0.6) is 0 Å². The van der Waals surface area contributed by atoms with E-state index in [1.54, 1.807) is 0 Å². The Morgan fingerprint density at radius 3 is 0.930 bits per heavy atom. The van der Waals surface area contributed by atoms with Crippen molar-refractivity contribution in [3.8, 4) is 0 Å². The van der Waals surface area contributed by atoms with Crippen molar-refractivity contribution in [3.63, 3.8) is 0 Å². The second-order valence-electron chi connectivity index (χ2n) is 17.9. The topological polar surface area (TPSA) is 16.2 Å². The Labute approximate surface area is 272 Å². The van der Waals surface area contributed by atoms with Crippen molar-refractivity contribution in [1.82, 2.24) is 24.5 Å². The lowest BCUT2D eigenvalue weighted by atomic mass is 9.91. The van der Waals surface area contributed by atoms with E-state index in [4.69, 9.17) is 0 Å². The second-order valence-corrected chi connectivity index (χ2v) is 17.9. The van der Waals surface area contributed by atoms with Gasteiger partial charge in [-0.1, -0.05) is 26.2 Å². The molecular weight excluding hydrogens is 526 g/mol. The molecule has 4 rings (SSSR count). The van der Waals surface area contributed by atoms with Crippen LogP contribution in [-0.2, 0) is 0 Å². The third kappa shape index (κ3) is 17.3. The smallest absolute Gasteiger partial charge is 0.0126 e. The summed E-state index contributed by atoms with van der Waals surface area (Å²) < 4.78 is 0. The molecule has 0 atom stereocenters. The van der Waals surface area contributed by atoms with Crippen molar-refractivity contribution in [2.45, 2.75) is 170 Å². The Morgan fingerprint density at radius 1 is 0.395 bits per heavy atom. The van der Waals surface area contributed by atoms with Crippen LogP contribution in [-0.4, -0.2) is 119 Å². The maximum atomic E-state index is 2.61. The lowest BCUT2D eigenvalue weighted by Gasteiger charge is -2.41. The average Bonchev–Trinajstić information content (AvgIpc) is 2.93. The van der Waals surface area contributed by atoms with Gasteiger partial charge in [-0.15, -0.1) is 0 Å². The summed E-state index contributed by atoms with van der Waals surface area (Å²) in [6.07, 6.45) is 12.7. The van der Waals surface area contributed by atoms with E-state index in [-0.39, 0.29) is 0 Å². The minimum atomic E-state index is 0.362. The third-order valence-electron chi connectivity index (χ3n) is 10.2. The molecule has 0 amide bonds. The van der Waals surface area contributed by atoms with Crippen molar-refractivity contribution in [2.75, 3.05) is 72.5 Å². The fourth-order valence-electron chi connectivity index (χ4n) is 6.62. The summed E-state index contributed by atoms with van der Waals surface area (Å²) in [4.78, 5) is 12.7. The Balaban J connectivity index is 0.000000287. The number of hydrogen-bond donors (Lipinski definition) is 0. The first-order valence-corrected chi connectivity index (χ1v) is 18.4. The number of likely N-dealkylation sites (tertiary alicyclic amines) is 3. The minimum Gasteiger partial charge on any atom is -0.304 e. The zero-order valence-electron chi connectivity index (χ0n) is 32.2. The SMILES string of the molecule is CC(C)(C)N1CCCCC1.CC(C)(C)N1CCCCC1.CCC1CCN(C(C)(C)C)CC1.CN1CCN(C(C)(C)C)CC1. The molecule has 4 aliphatic rings. The Bertz CT molecular complexity index is 652. The molecule has 43 heavy (non-hydrogen) atoms.